The number of piperidine rings is 1. The van der Waals surface area contributed by atoms with Crippen LogP contribution in [0, 0.1) is 5.82 Å². The smallest absolute Gasteiger partial charge is 0.238 e. The molecule has 0 unspecified atom stereocenters. The van der Waals surface area contributed by atoms with Crippen molar-refractivity contribution in [1.29, 1.82) is 0 Å². The Morgan fingerprint density at radius 2 is 1.86 bits per heavy atom. The Kier molecular flexibility index (Phi) is 5.35. The fourth-order valence-corrected chi connectivity index (χ4v) is 3.70. The lowest BCUT2D eigenvalue weighted by Gasteiger charge is -2.31. The predicted molar refractivity (Wildman–Crippen MR) is 107 cm³/mol. The van der Waals surface area contributed by atoms with E-state index in [0.717, 1.165) is 31.4 Å². The Balaban J connectivity index is 1.31. The molecule has 1 saturated heterocycles. The van der Waals surface area contributed by atoms with Gasteiger partial charge in [-0.15, -0.1) is 5.10 Å². The van der Waals surface area contributed by atoms with E-state index in [0.29, 0.717) is 23.3 Å². The monoisotopic (exact) mass is 395 g/mol. The van der Waals surface area contributed by atoms with E-state index in [-0.39, 0.29) is 23.5 Å². The maximum absolute atomic E-state index is 13.3. The molecule has 8 heteroatoms. The van der Waals surface area contributed by atoms with Gasteiger partial charge >= 0.3 is 0 Å². The first-order valence-electron chi connectivity index (χ1n) is 9.63. The van der Waals surface area contributed by atoms with Crippen molar-refractivity contribution >= 4 is 28.4 Å². The highest BCUT2D eigenvalue weighted by atomic mass is 19.1. The average Bonchev–Trinajstić information content (AvgIpc) is 3.12. The number of nitrogens with zero attached hydrogens (tertiary/aromatic N) is 4. The summed E-state index contributed by atoms with van der Waals surface area (Å²) >= 11 is 0. The molecule has 3 aromatic rings. The first-order valence-corrected chi connectivity index (χ1v) is 9.63. The van der Waals surface area contributed by atoms with Crippen LogP contribution >= 0.6 is 0 Å². The second kappa shape index (κ2) is 8.08. The third-order valence-electron chi connectivity index (χ3n) is 5.28. The number of likely N-dealkylation sites (tertiary alicyclic amines) is 1. The Morgan fingerprint density at radius 1 is 1.14 bits per heavy atom. The van der Waals surface area contributed by atoms with Crippen molar-refractivity contribution < 1.29 is 14.0 Å². The lowest BCUT2D eigenvalue weighted by molar-refractivity contribution is -0.117. The molecule has 7 nitrogen and oxygen atoms in total. The lowest BCUT2D eigenvalue weighted by atomic mass is 10.0. The Labute approximate surface area is 167 Å². The maximum Gasteiger partial charge on any atom is 0.238 e. The van der Waals surface area contributed by atoms with Gasteiger partial charge in [0, 0.05) is 30.4 Å². The summed E-state index contributed by atoms with van der Waals surface area (Å²) in [4.78, 5) is 25.8. The number of benzene rings is 2. The molecule has 4 rings (SSSR count). The van der Waals surface area contributed by atoms with Crippen molar-refractivity contribution in [2.24, 2.45) is 0 Å². The van der Waals surface area contributed by atoms with Crippen LogP contribution in [0.25, 0.3) is 11.0 Å². The number of carbonyl (C=O) groups is 2. The average molecular weight is 395 g/mol. The molecule has 0 saturated carbocycles. The Bertz CT molecular complexity index is 1040. The molecular formula is C21H22FN5O2. The van der Waals surface area contributed by atoms with Gasteiger partial charge in [-0.3, -0.25) is 14.5 Å². The molecule has 1 N–H and O–H groups in total. The second-order valence-corrected chi connectivity index (χ2v) is 7.36. The van der Waals surface area contributed by atoms with Crippen LogP contribution < -0.4 is 5.32 Å². The van der Waals surface area contributed by atoms with Crippen molar-refractivity contribution in [3.63, 3.8) is 0 Å². The zero-order valence-corrected chi connectivity index (χ0v) is 16.1. The van der Waals surface area contributed by atoms with E-state index in [1.54, 1.807) is 30.3 Å². The fourth-order valence-electron chi connectivity index (χ4n) is 3.70. The van der Waals surface area contributed by atoms with Crippen LogP contribution in [-0.4, -0.2) is 51.2 Å². The highest BCUT2D eigenvalue weighted by Gasteiger charge is 2.24. The van der Waals surface area contributed by atoms with Gasteiger partial charge in [0.05, 0.1) is 18.1 Å². The molecule has 150 valence electrons. The standard InChI is InChI=1S/C21H22FN5O2/c1-14(28)15-2-5-17(6-3-15)23-21(29)13-26-10-8-18(9-11-26)27-20-7-4-16(22)12-19(20)24-25-27/h2-7,12,18H,8-11,13H2,1H3,(H,23,29). The largest absolute Gasteiger partial charge is 0.325 e. The van der Waals surface area contributed by atoms with Crippen molar-refractivity contribution in [2.75, 3.05) is 25.0 Å². The van der Waals surface area contributed by atoms with Crippen molar-refractivity contribution in [3.05, 3.63) is 53.8 Å². The molecule has 1 fully saturated rings. The number of hydrogen-bond donors (Lipinski definition) is 1. The molecule has 2 heterocycles. The summed E-state index contributed by atoms with van der Waals surface area (Å²) in [7, 11) is 0. The molecule has 1 aliphatic heterocycles. The molecule has 1 aromatic heterocycles. The summed E-state index contributed by atoms with van der Waals surface area (Å²) in [5, 5.41) is 11.1. The van der Waals surface area contributed by atoms with Crippen LogP contribution in [-0.2, 0) is 4.79 Å². The van der Waals surface area contributed by atoms with Gasteiger partial charge in [-0.2, -0.15) is 0 Å². The van der Waals surface area contributed by atoms with Gasteiger partial charge in [-0.25, -0.2) is 9.07 Å². The summed E-state index contributed by atoms with van der Waals surface area (Å²) in [5.74, 6) is -0.405. The van der Waals surface area contributed by atoms with E-state index in [9.17, 15) is 14.0 Å². The lowest BCUT2D eigenvalue weighted by Crippen LogP contribution is -2.39. The number of nitrogens with one attached hydrogen (secondary N) is 1. The number of amides is 1. The third-order valence-corrected chi connectivity index (χ3v) is 5.28. The van der Waals surface area contributed by atoms with Crippen molar-refractivity contribution in [1.82, 2.24) is 19.9 Å². The van der Waals surface area contributed by atoms with E-state index in [4.69, 9.17) is 0 Å². The second-order valence-electron chi connectivity index (χ2n) is 7.36. The minimum absolute atomic E-state index is 0.00366. The Hall–Kier alpha value is -3.13. The minimum atomic E-state index is -0.318. The molecule has 0 radical (unpaired) electrons. The third kappa shape index (κ3) is 4.32. The summed E-state index contributed by atoms with van der Waals surface area (Å²) < 4.78 is 15.2. The first-order chi connectivity index (χ1) is 14.0. The summed E-state index contributed by atoms with van der Waals surface area (Å²) in [6.45, 7) is 3.36. The quantitative estimate of drug-likeness (QED) is 0.672. The van der Waals surface area contributed by atoms with Gasteiger partial charge < -0.3 is 5.32 Å². The van der Waals surface area contributed by atoms with Crippen molar-refractivity contribution in [2.45, 2.75) is 25.8 Å². The van der Waals surface area contributed by atoms with Crippen LogP contribution in [0.1, 0.15) is 36.2 Å². The predicted octanol–water partition coefficient (Wildman–Crippen LogP) is 3.05. The summed E-state index contributed by atoms with van der Waals surface area (Å²) in [6, 6.07) is 11.6. The number of ketones is 1. The highest BCUT2D eigenvalue weighted by molar-refractivity contribution is 5.96. The molecule has 1 amide bonds. The number of rotatable bonds is 5. The number of aromatic nitrogens is 3. The van der Waals surface area contributed by atoms with Crippen LogP contribution in [0.2, 0.25) is 0 Å². The van der Waals surface area contributed by atoms with Crippen LogP contribution in [0.4, 0.5) is 10.1 Å². The Morgan fingerprint density at radius 3 is 2.55 bits per heavy atom. The normalized spacial score (nSPS) is 15.5. The maximum atomic E-state index is 13.3. The number of anilines is 1. The number of Topliss-reactive ketones (excluding diaryl/α,β-unsaturated/α-hetero) is 1. The molecule has 0 bridgehead atoms. The number of fused-ring (bicyclic) bond motifs is 1. The van der Waals surface area contributed by atoms with Gasteiger partial charge in [-0.05, 0) is 56.2 Å². The molecule has 29 heavy (non-hydrogen) atoms. The van der Waals surface area contributed by atoms with Gasteiger partial charge in [0.25, 0.3) is 0 Å². The van der Waals surface area contributed by atoms with Crippen LogP contribution in [0.5, 0.6) is 0 Å². The van der Waals surface area contributed by atoms with Crippen molar-refractivity contribution in [3.8, 4) is 0 Å². The summed E-state index contributed by atoms with van der Waals surface area (Å²) in [5.41, 5.74) is 2.68. The van der Waals surface area contributed by atoms with Crippen LogP contribution in [0.3, 0.4) is 0 Å². The van der Waals surface area contributed by atoms with E-state index in [2.05, 4.69) is 20.5 Å². The van der Waals surface area contributed by atoms with E-state index in [1.807, 2.05) is 4.68 Å². The zero-order chi connectivity index (χ0) is 20.4. The summed E-state index contributed by atoms with van der Waals surface area (Å²) in [6.07, 6.45) is 1.69. The highest BCUT2D eigenvalue weighted by Crippen LogP contribution is 2.25. The number of hydrogen-bond acceptors (Lipinski definition) is 5. The SMILES string of the molecule is CC(=O)c1ccc(NC(=O)CN2CCC(n3nnc4cc(F)ccc43)CC2)cc1. The topological polar surface area (TPSA) is 80.1 Å². The van der Waals surface area contributed by atoms with Gasteiger partial charge in [-0.1, -0.05) is 5.21 Å². The van der Waals surface area contributed by atoms with Gasteiger partial charge in [0.1, 0.15) is 11.3 Å². The molecular weight excluding hydrogens is 373 g/mol. The number of halogens is 1. The molecule has 0 spiro atoms. The molecule has 2 aromatic carbocycles. The molecule has 1 aliphatic rings. The van der Waals surface area contributed by atoms with Gasteiger partial charge in [0.15, 0.2) is 5.78 Å². The zero-order valence-electron chi connectivity index (χ0n) is 16.1. The van der Waals surface area contributed by atoms with Gasteiger partial charge in [0.2, 0.25) is 5.91 Å². The number of carbonyl (C=O) groups excluding carboxylic acids is 2. The molecule has 0 atom stereocenters. The minimum Gasteiger partial charge on any atom is -0.325 e. The first kappa shape index (κ1) is 19.2. The van der Waals surface area contributed by atoms with E-state index in [1.165, 1.54) is 19.1 Å². The van der Waals surface area contributed by atoms with E-state index >= 15 is 0 Å². The fraction of sp³-hybridized carbons (Fsp3) is 0.333. The van der Waals surface area contributed by atoms with Crippen LogP contribution in [0.15, 0.2) is 42.5 Å². The van der Waals surface area contributed by atoms with E-state index < -0.39 is 0 Å². The molecule has 0 aliphatic carbocycles.